The van der Waals surface area contributed by atoms with Crippen LogP contribution in [0, 0.1) is 0 Å². The molecule has 0 aliphatic rings. The van der Waals surface area contributed by atoms with Crippen LogP contribution in [-0.2, 0) is 11.2 Å². The van der Waals surface area contributed by atoms with Crippen molar-refractivity contribution in [3.05, 3.63) is 57.0 Å². The van der Waals surface area contributed by atoms with Crippen LogP contribution in [0.4, 0.5) is 0 Å². The van der Waals surface area contributed by atoms with Gasteiger partial charge >= 0.3 is 5.97 Å². The lowest BCUT2D eigenvalue weighted by molar-refractivity contribution is -0.136. The molecule has 2 rings (SSSR count). The van der Waals surface area contributed by atoms with E-state index in [1.165, 1.54) is 0 Å². The maximum absolute atomic E-state index is 10.9. The molecule has 0 heterocycles. The van der Waals surface area contributed by atoms with E-state index < -0.39 is 5.97 Å². The zero-order valence-corrected chi connectivity index (χ0v) is 11.9. The Morgan fingerprint density at radius 3 is 2.26 bits per heavy atom. The normalized spacial score (nSPS) is 10.5. The van der Waals surface area contributed by atoms with E-state index in [1.807, 2.05) is 0 Å². The molecule has 2 aromatic carbocycles. The van der Waals surface area contributed by atoms with Gasteiger partial charge in [0.1, 0.15) is 0 Å². The maximum atomic E-state index is 10.9. The molecule has 0 atom stereocenters. The Labute approximate surface area is 125 Å². The molecule has 0 saturated heterocycles. The van der Waals surface area contributed by atoms with Crippen LogP contribution >= 0.6 is 34.8 Å². The van der Waals surface area contributed by atoms with Crippen molar-refractivity contribution < 1.29 is 9.90 Å². The minimum absolute atomic E-state index is 0.141. The van der Waals surface area contributed by atoms with Gasteiger partial charge in [-0.1, -0.05) is 46.9 Å². The van der Waals surface area contributed by atoms with Gasteiger partial charge in [-0.25, -0.2) is 0 Å². The largest absolute Gasteiger partial charge is 0.481 e. The van der Waals surface area contributed by atoms with Crippen molar-refractivity contribution in [1.82, 2.24) is 0 Å². The number of carbonyl (C=O) groups is 1. The summed E-state index contributed by atoms with van der Waals surface area (Å²) >= 11 is 18.2. The summed E-state index contributed by atoms with van der Waals surface area (Å²) in [5.41, 5.74) is 1.89. The highest BCUT2D eigenvalue weighted by atomic mass is 35.5. The lowest BCUT2D eigenvalue weighted by atomic mass is 9.97. The summed E-state index contributed by atoms with van der Waals surface area (Å²) in [6.07, 6.45) is -0.141. The highest BCUT2D eigenvalue weighted by Crippen LogP contribution is 2.37. The molecule has 0 bridgehead atoms. The average Bonchev–Trinajstić information content (AvgIpc) is 2.30. The van der Waals surface area contributed by atoms with Crippen molar-refractivity contribution in [1.29, 1.82) is 0 Å². The predicted octanol–water partition coefficient (Wildman–Crippen LogP) is 4.94. The number of hydrogen-bond donors (Lipinski definition) is 1. The molecule has 0 aromatic heterocycles. The second kappa shape index (κ2) is 5.83. The van der Waals surface area contributed by atoms with E-state index in [2.05, 4.69) is 0 Å². The fourth-order valence-electron chi connectivity index (χ4n) is 1.87. The number of benzene rings is 2. The van der Waals surface area contributed by atoms with Crippen LogP contribution in [0.2, 0.25) is 15.1 Å². The number of aliphatic carboxylic acids is 1. The zero-order valence-electron chi connectivity index (χ0n) is 9.66. The molecule has 2 nitrogen and oxygen atoms in total. The molecular formula is C14H9Cl3O2. The Balaban J connectivity index is 2.64. The quantitative estimate of drug-likeness (QED) is 0.871. The van der Waals surface area contributed by atoms with Crippen LogP contribution in [0.5, 0.6) is 0 Å². The molecule has 5 heteroatoms. The summed E-state index contributed by atoms with van der Waals surface area (Å²) in [4.78, 5) is 10.9. The molecule has 0 radical (unpaired) electrons. The van der Waals surface area contributed by atoms with Crippen LogP contribution in [0.1, 0.15) is 5.56 Å². The predicted molar refractivity (Wildman–Crippen MR) is 78.2 cm³/mol. The maximum Gasteiger partial charge on any atom is 0.307 e. The van der Waals surface area contributed by atoms with Crippen molar-refractivity contribution in [2.75, 3.05) is 0 Å². The van der Waals surface area contributed by atoms with E-state index in [9.17, 15) is 4.79 Å². The Kier molecular flexibility index (Phi) is 4.35. The molecule has 98 valence electrons. The highest BCUT2D eigenvalue weighted by Gasteiger charge is 2.14. The van der Waals surface area contributed by atoms with Crippen molar-refractivity contribution in [3.63, 3.8) is 0 Å². The van der Waals surface area contributed by atoms with Gasteiger partial charge in [-0.3, -0.25) is 4.79 Å². The molecule has 0 amide bonds. The number of halogens is 3. The van der Waals surface area contributed by atoms with Crippen LogP contribution < -0.4 is 0 Å². The van der Waals surface area contributed by atoms with Gasteiger partial charge in [0.05, 0.1) is 6.42 Å². The zero-order chi connectivity index (χ0) is 14.0. The Bertz CT molecular complexity index is 618. The third kappa shape index (κ3) is 3.21. The molecule has 0 fully saturated rings. The number of carboxylic acid groups (broad SMARTS) is 1. The van der Waals surface area contributed by atoms with Gasteiger partial charge in [0.25, 0.3) is 0 Å². The number of carboxylic acids is 1. The molecule has 19 heavy (non-hydrogen) atoms. The van der Waals surface area contributed by atoms with Crippen LogP contribution in [0.3, 0.4) is 0 Å². The standard InChI is InChI=1S/C14H9Cl3O2/c15-9-4-5-10(8(6-9)7-13(18)19)14-11(16)2-1-3-12(14)17/h1-6H,7H2,(H,18,19). The Hall–Kier alpha value is -1.22. The first-order valence-corrected chi connectivity index (χ1v) is 6.57. The summed E-state index contributed by atoms with van der Waals surface area (Å²) < 4.78 is 0. The molecule has 0 unspecified atom stereocenters. The van der Waals surface area contributed by atoms with Crippen molar-refractivity contribution in [3.8, 4) is 11.1 Å². The molecule has 0 aliphatic heterocycles. The van der Waals surface area contributed by atoms with Gasteiger partial charge in [-0.2, -0.15) is 0 Å². The summed E-state index contributed by atoms with van der Waals surface area (Å²) in [6, 6.07) is 10.2. The molecule has 2 aromatic rings. The first-order chi connectivity index (χ1) is 8.99. The van der Waals surface area contributed by atoms with E-state index in [4.69, 9.17) is 39.9 Å². The van der Waals surface area contributed by atoms with E-state index in [0.29, 0.717) is 31.8 Å². The van der Waals surface area contributed by atoms with Gasteiger partial charge in [-0.05, 0) is 35.4 Å². The fraction of sp³-hybridized carbons (Fsp3) is 0.0714. The monoisotopic (exact) mass is 314 g/mol. The van der Waals surface area contributed by atoms with Gasteiger partial charge in [0.15, 0.2) is 0 Å². The van der Waals surface area contributed by atoms with Crippen molar-refractivity contribution >= 4 is 40.8 Å². The number of hydrogen-bond acceptors (Lipinski definition) is 1. The summed E-state index contributed by atoms with van der Waals surface area (Å²) in [5, 5.41) is 10.4. The Morgan fingerprint density at radius 2 is 1.68 bits per heavy atom. The van der Waals surface area contributed by atoms with Crippen LogP contribution in [-0.4, -0.2) is 11.1 Å². The van der Waals surface area contributed by atoms with E-state index in [0.717, 1.165) is 0 Å². The lowest BCUT2D eigenvalue weighted by Gasteiger charge is -2.12. The minimum Gasteiger partial charge on any atom is -0.481 e. The highest BCUT2D eigenvalue weighted by molar-refractivity contribution is 6.39. The second-order valence-electron chi connectivity index (χ2n) is 3.97. The van der Waals surface area contributed by atoms with E-state index >= 15 is 0 Å². The van der Waals surface area contributed by atoms with Gasteiger partial charge in [0.2, 0.25) is 0 Å². The van der Waals surface area contributed by atoms with E-state index in [-0.39, 0.29) is 6.42 Å². The van der Waals surface area contributed by atoms with Gasteiger partial charge in [0, 0.05) is 20.6 Å². The Morgan fingerprint density at radius 1 is 1.05 bits per heavy atom. The smallest absolute Gasteiger partial charge is 0.307 e. The second-order valence-corrected chi connectivity index (χ2v) is 5.22. The average molecular weight is 316 g/mol. The van der Waals surface area contributed by atoms with Gasteiger partial charge in [-0.15, -0.1) is 0 Å². The first-order valence-electron chi connectivity index (χ1n) is 5.43. The molecule has 0 saturated carbocycles. The third-order valence-corrected chi connectivity index (χ3v) is 3.51. The lowest BCUT2D eigenvalue weighted by Crippen LogP contribution is -2.02. The van der Waals surface area contributed by atoms with E-state index in [1.54, 1.807) is 36.4 Å². The molecule has 1 N–H and O–H groups in total. The van der Waals surface area contributed by atoms with Crippen molar-refractivity contribution in [2.45, 2.75) is 6.42 Å². The summed E-state index contributed by atoms with van der Waals surface area (Å²) in [6.45, 7) is 0. The van der Waals surface area contributed by atoms with Crippen molar-refractivity contribution in [2.24, 2.45) is 0 Å². The SMILES string of the molecule is O=C(O)Cc1cc(Cl)ccc1-c1c(Cl)cccc1Cl. The molecular weight excluding hydrogens is 307 g/mol. The minimum atomic E-state index is -0.938. The third-order valence-electron chi connectivity index (χ3n) is 2.64. The molecule has 0 aliphatic carbocycles. The topological polar surface area (TPSA) is 37.3 Å². The summed E-state index contributed by atoms with van der Waals surface area (Å²) in [5.74, 6) is -0.938. The summed E-state index contributed by atoms with van der Waals surface area (Å²) in [7, 11) is 0. The van der Waals surface area contributed by atoms with Gasteiger partial charge < -0.3 is 5.11 Å². The fourth-order valence-corrected chi connectivity index (χ4v) is 2.67. The molecule has 0 spiro atoms. The number of rotatable bonds is 3. The first kappa shape index (κ1) is 14.2. The van der Waals surface area contributed by atoms with Crippen LogP contribution in [0.25, 0.3) is 11.1 Å². The van der Waals surface area contributed by atoms with Crippen LogP contribution in [0.15, 0.2) is 36.4 Å².